The van der Waals surface area contributed by atoms with Gasteiger partial charge in [-0.2, -0.15) is 0 Å². The number of amides is 1. The molecule has 0 fully saturated rings. The quantitative estimate of drug-likeness (QED) is 0.769. The van der Waals surface area contributed by atoms with Crippen molar-refractivity contribution >= 4 is 16.9 Å². The molecule has 0 radical (unpaired) electrons. The van der Waals surface area contributed by atoms with Gasteiger partial charge in [-0.25, -0.2) is 4.39 Å². The van der Waals surface area contributed by atoms with Crippen molar-refractivity contribution in [2.24, 2.45) is 0 Å². The Labute approximate surface area is 154 Å². The van der Waals surface area contributed by atoms with Crippen molar-refractivity contribution in [2.75, 3.05) is 13.2 Å². The van der Waals surface area contributed by atoms with E-state index in [1.807, 2.05) is 6.92 Å². The highest BCUT2D eigenvalue weighted by Gasteiger charge is 2.43. The van der Waals surface area contributed by atoms with Gasteiger partial charge in [0.15, 0.2) is 5.43 Å². The van der Waals surface area contributed by atoms with Gasteiger partial charge in [-0.3, -0.25) is 9.59 Å². The van der Waals surface area contributed by atoms with Gasteiger partial charge in [0.25, 0.3) is 5.91 Å². The largest absolute Gasteiger partial charge is 0.450 e. The van der Waals surface area contributed by atoms with Gasteiger partial charge in [0.2, 0.25) is 5.76 Å². The maximum absolute atomic E-state index is 14.5. The number of benzene rings is 2. The Morgan fingerprint density at radius 2 is 1.96 bits per heavy atom. The lowest BCUT2D eigenvalue weighted by Crippen LogP contribution is -2.31. The number of aliphatic hydroxyl groups excluding tert-OH is 1. The van der Waals surface area contributed by atoms with Crippen molar-refractivity contribution < 1.29 is 18.7 Å². The second-order valence-corrected chi connectivity index (χ2v) is 6.67. The van der Waals surface area contributed by atoms with Crippen LogP contribution in [0.2, 0.25) is 0 Å². The normalized spacial score (nSPS) is 16.2. The fourth-order valence-electron chi connectivity index (χ4n) is 3.63. The summed E-state index contributed by atoms with van der Waals surface area (Å²) in [7, 11) is 0. The highest BCUT2D eigenvalue weighted by atomic mass is 19.1. The number of halogens is 1. The van der Waals surface area contributed by atoms with Gasteiger partial charge in [-0.15, -0.1) is 0 Å². The van der Waals surface area contributed by atoms with E-state index in [-0.39, 0.29) is 35.5 Å². The van der Waals surface area contributed by atoms with Gasteiger partial charge in [0.1, 0.15) is 11.4 Å². The molecule has 1 atom stereocenters. The maximum Gasteiger partial charge on any atom is 0.290 e. The van der Waals surface area contributed by atoms with Crippen molar-refractivity contribution in [1.82, 2.24) is 4.90 Å². The fourth-order valence-corrected chi connectivity index (χ4v) is 3.63. The van der Waals surface area contributed by atoms with E-state index in [4.69, 9.17) is 4.42 Å². The van der Waals surface area contributed by atoms with Crippen molar-refractivity contribution in [2.45, 2.75) is 19.4 Å². The van der Waals surface area contributed by atoms with E-state index < -0.39 is 17.8 Å². The Hall–Kier alpha value is -2.99. The summed E-state index contributed by atoms with van der Waals surface area (Å²) in [5.41, 5.74) is 1.28. The first kappa shape index (κ1) is 17.4. The number of fused-ring (bicyclic) bond motifs is 2. The zero-order valence-electron chi connectivity index (χ0n) is 14.7. The SMILES string of the molecule is Cc1ccc2oc3c(c(=O)c2c1)C(c1ccccc1F)N(CCCO)C3=O. The minimum atomic E-state index is -0.874. The molecule has 1 amide bonds. The van der Waals surface area contributed by atoms with Crippen LogP contribution in [0.4, 0.5) is 4.39 Å². The maximum atomic E-state index is 14.5. The summed E-state index contributed by atoms with van der Waals surface area (Å²) in [5, 5.41) is 9.55. The highest BCUT2D eigenvalue weighted by molar-refractivity contribution is 5.99. The molecular weight excluding hydrogens is 349 g/mol. The lowest BCUT2D eigenvalue weighted by Gasteiger charge is -2.25. The smallest absolute Gasteiger partial charge is 0.290 e. The molecule has 2 heterocycles. The average molecular weight is 367 g/mol. The number of aliphatic hydroxyl groups is 1. The zero-order valence-corrected chi connectivity index (χ0v) is 14.7. The average Bonchev–Trinajstić information content (AvgIpc) is 2.93. The molecule has 0 saturated carbocycles. The lowest BCUT2D eigenvalue weighted by molar-refractivity contribution is 0.0714. The first-order valence-corrected chi connectivity index (χ1v) is 8.76. The predicted molar refractivity (Wildman–Crippen MR) is 98.2 cm³/mol. The van der Waals surface area contributed by atoms with E-state index >= 15 is 0 Å². The Bertz CT molecular complexity index is 1110. The van der Waals surface area contributed by atoms with E-state index in [0.717, 1.165) is 5.56 Å². The molecule has 138 valence electrons. The molecule has 3 aromatic rings. The number of hydrogen-bond acceptors (Lipinski definition) is 4. The van der Waals surface area contributed by atoms with Crippen LogP contribution in [0.5, 0.6) is 0 Å². The molecule has 2 aromatic carbocycles. The third-order valence-electron chi connectivity index (χ3n) is 4.88. The molecule has 4 rings (SSSR count). The second-order valence-electron chi connectivity index (χ2n) is 6.67. The molecule has 1 unspecified atom stereocenters. The van der Waals surface area contributed by atoms with Crippen LogP contribution in [0.25, 0.3) is 11.0 Å². The van der Waals surface area contributed by atoms with Crippen molar-refractivity contribution in [3.8, 4) is 0 Å². The summed E-state index contributed by atoms with van der Waals surface area (Å²) in [4.78, 5) is 27.6. The van der Waals surface area contributed by atoms with Gasteiger partial charge in [0.05, 0.1) is 17.0 Å². The van der Waals surface area contributed by atoms with E-state index in [1.165, 1.54) is 11.0 Å². The monoisotopic (exact) mass is 367 g/mol. The number of aryl methyl sites for hydroxylation is 1. The summed E-state index contributed by atoms with van der Waals surface area (Å²) in [6.45, 7) is 1.93. The number of carbonyl (C=O) groups is 1. The van der Waals surface area contributed by atoms with Crippen molar-refractivity contribution in [3.05, 3.63) is 81.0 Å². The Morgan fingerprint density at radius 1 is 1.19 bits per heavy atom. The van der Waals surface area contributed by atoms with Crippen LogP contribution in [0.1, 0.15) is 39.7 Å². The first-order chi connectivity index (χ1) is 13.0. The second kappa shape index (κ2) is 6.63. The molecule has 27 heavy (non-hydrogen) atoms. The standard InChI is InChI=1S/C21H18FNO4/c1-12-7-8-16-14(11-12)19(25)17-18(13-5-2-3-6-15(13)22)23(9-4-10-24)21(26)20(17)27-16/h2-3,5-8,11,18,24H,4,9-10H2,1H3. The summed E-state index contributed by atoms with van der Waals surface area (Å²) >= 11 is 0. The minimum absolute atomic E-state index is 0.0532. The lowest BCUT2D eigenvalue weighted by atomic mass is 9.97. The van der Waals surface area contributed by atoms with Gasteiger partial charge < -0.3 is 14.4 Å². The van der Waals surface area contributed by atoms with Crippen LogP contribution < -0.4 is 5.43 Å². The summed E-state index contributed by atoms with van der Waals surface area (Å²) in [6, 6.07) is 10.4. The third kappa shape index (κ3) is 2.73. The molecule has 1 aliphatic rings. The number of nitrogens with zero attached hydrogens (tertiary/aromatic N) is 1. The first-order valence-electron chi connectivity index (χ1n) is 8.76. The van der Waals surface area contributed by atoms with Gasteiger partial charge in [0, 0.05) is 18.7 Å². The molecule has 1 aliphatic heterocycles. The molecule has 0 spiro atoms. The van der Waals surface area contributed by atoms with E-state index in [9.17, 15) is 19.1 Å². The van der Waals surface area contributed by atoms with E-state index in [0.29, 0.717) is 17.4 Å². The molecule has 0 bridgehead atoms. The van der Waals surface area contributed by atoms with Gasteiger partial charge in [-0.05, 0) is 31.5 Å². The molecule has 6 heteroatoms. The van der Waals surface area contributed by atoms with E-state index in [2.05, 4.69) is 0 Å². The Kier molecular flexibility index (Phi) is 4.28. The van der Waals surface area contributed by atoms with Crippen LogP contribution in [-0.4, -0.2) is 29.1 Å². The fraction of sp³-hybridized carbons (Fsp3) is 0.238. The molecule has 1 N–H and O–H groups in total. The number of hydrogen-bond donors (Lipinski definition) is 1. The number of rotatable bonds is 4. The minimum Gasteiger partial charge on any atom is -0.450 e. The molecule has 1 aromatic heterocycles. The van der Waals surface area contributed by atoms with Crippen LogP contribution in [0, 0.1) is 12.7 Å². The molecular formula is C21H18FNO4. The van der Waals surface area contributed by atoms with Crippen LogP contribution >= 0.6 is 0 Å². The van der Waals surface area contributed by atoms with Crippen LogP contribution in [-0.2, 0) is 0 Å². The molecule has 5 nitrogen and oxygen atoms in total. The summed E-state index contributed by atoms with van der Waals surface area (Å²) in [6.07, 6.45) is 0.317. The topological polar surface area (TPSA) is 70.8 Å². The van der Waals surface area contributed by atoms with Gasteiger partial charge in [-0.1, -0.05) is 29.8 Å². The van der Waals surface area contributed by atoms with Crippen molar-refractivity contribution in [3.63, 3.8) is 0 Å². The number of carbonyl (C=O) groups excluding carboxylic acids is 1. The summed E-state index contributed by atoms with van der Waals surface area (Å²) in [5.74, 6) is -1.02. The third-order valence-corrected chi connectivity index (χ3v) is 4.88. The predicted octanol–water partition coefficient (Wildman–Crippen LogP) is 3.17. The molecule has 0 aliphatic carbocycles. The Morgan fingerprint density at radius 3 is 2.70 bits per heavy atom. The van der Waals surface area contributed by atoms with Crippen molar-refractivity contribution in [1.29, 1.82) is 0 Å². The van der Waals surface area contributed by atoms with Crippen LogP contribution in [0.3, 0.4) is 0 Å². The molecule has 0 saturated heterocycles. The highest BCUT2D eigenvalue weighted by Crippen LogP contribution is 2.39. The van der Waals surface area contributed by atoms with E-state index in [1.54, 1.807) is 36.4 Å². The Balaban J connectivity index is 2.00. The van der Waals surface area contributed by atoms with Gasteiger partial charge >= 0.3 is 0 Å². The zero-order chi connectivity index (χ0) is 19.1. The van der Waals surface area contributed by atoms with Crippen LogP contribution in [0.15, 0.2) is 51.7 Å². The summed E-state index contributed by atoms with van der Waals surface area (Å²) < 4.78 is 20.3.